The summed E-state index contributed by atoms with van der Waals surface area (Å²) in [4.78, 5) is 31.7. The fourth-order valence-electron chi connectivity index (χ4n) is 3.44. The van der Waals surface area contributed by atoms with Crippen LogP contribution in [-0.2, 0) is 14.6 Å². The SMILES string of the molecule is CS(=O)(=O)c1cccc2c1C(=O)C=C(Nc1cncc(N3CCOCC3)c1)C2=O. The van der Waals surface area contributed by atoms with Crippen LogP contribution in [-0.4, -0.2) is 57.5 Å². The van der Waals surface area contributed by atoms with Gasteiger partial charge in [-0.1, -0.05) is 12.1 Å². The van der Waals surface area contributed by atoms with Gasteiger partial charge in [-0.25, -0.2) is 8.42 Å². The summed E-state index contributed by atoms with van der Waals surface area (Å²) in [5.74, 6) is -0.970. The van der Waals surface area contributed by atoms with Crippen LogP contribution in [0.25, 0.3) is 0 Å². The second kappa shape index (κ2) is 7.41. The second-order valence-corrected chi connectivity index (χ2v) is 8.84. The van der Waals surface area contributed by atoms with E-state index < -0.39 is 21.4 Å². The Balaban J connectivity index is 1.64. The van der Waals surface area contributed by atoms with E-state index in [1.165, 1.54) is 18.2 Å². The number of rotatable bonds is 4. The molecule has 1 N–H and O–H groups in total. The molecule has 1 aromatic carbocycles. The Kier molecular flexibility index (Phi) is 4.93. The van der Waals surface area contributed by atoms with E-state index in [-0.39, 0.29) is 21.7 Å². The summed E-state index contributed by atoms with van der Waals surface area (Å²) in [6.45, 7) is 2.75. The number of pyridine rings is 1. The first kappa shape index (κ1) is 19.3. The number of anilines is 2. The molecule has 0 unspecified atom stereocenters. The Bertz CT molecular complexity index is 1130. The molecule has 0 radical (unpaired) electrons. The minimum absolute atomic E-state index is 0.0696. The second-order valence-electron chi connectivity index (χ2n) is 6.86. The summed E-state index contributed by atoms with van der Waals surface area (Å²) in [5, 5.41) is 2.96. The van der Waals surface area contributed by atoms with Crippen molar-refractivity contribution >= 4 is 32.8 Å². The third-order valence-corrected chi connectivity index (χ3v) is 5.95. The largest absolute Gasteiger partial charge is 0.378 e. The van der Waals surface area contributed by atoms with Crippen LogP contribution >= 0.6 is 0 Å². The molecule has 0 atom stereocenters. The van der Waals surface area contributed by atoms with Crippen molar-refractivity contribution in [1.29, 1.82) is 0 Å². The third kappa shape index (κ3) is 3.79. The number of carbonyl (C=O) groups excluding carboxylic acids is 2. The molecule has 29 heavy (non-hydrogen) atoms. The summed E-state index contributed by atoms with van der Waals surface area (Å²) >= 11 is 0. The Labute approximate surface area is 168 Å². The van der Waals surface area contributed by atoms with Crippen molar-refractivity contribution in [2.75, 3.05) is 42.8 Å². The maximum Gasteiger partial charge on any atom is 0.210 e. The van der Waals surface area contributed by atoms with Crippen LogP contribution in [0.2, 0.25) is 0 Å². The summed E-state index contributed by atoms with van der Waals surface area (Å²) in [6.07, 6.45) is 5.44. The molecular formula is C20H19N3O5S. The zero-order valence-electron chi connectivity index (χ0n) is 15.7. The Morgan fingerprint density at radius 1 is 1.14 bits per heavy atom. The van der Waals surface area contributed by atoms with Crippen LogP contribution in [0.15, 0.2) is 53.3 Å². The average molecular weight is 413 g/mol. The van der Waals surface area contributed by atoms with Gasteiger partial charge in [0, 0.05) is 31.0 Å². The van der Waals surface area contributed by atoms with Crippen molar-refractivity contribution < 1.29 is 22.7 Å². The van der Waals surface area contributed by atoms with E-state index in [4.69, 9.17) is 4.74 Å². The fraction of sp³-hybridized carbons (Fsp3) is 0.250. The van der Waals surface area contributed by atoms with Crippen LogP contribution in [0.3, 0.4) is 0 Å². The molecule has 150 valence electrons. The molecule has 4 rings (SSSR count). The van der Waals surface area contributed by atoms with Gasteiger partial charge in [0.1, 0.15) is 0 Å². The van der Waals surface area contributed by atoms with E-state index in [1.807, 2.05) is 6.07 Å². The van der Waals surface area contributed by atoms with Gasteiger partial charge in [0.2, 0.25) is 5.78 Å². The van der Waals surface area contributed by atoms with Crippen LogP contribution in [0.5, 0.6) is 0 Å². The summed E-state index contributed by atoms with van der Waals surface area (Å²) in [6, 6.07) is 6.10. The van der Waals surface area contributed by atoms with Crippen LogP contribution in [0.1, 0.15) is 20.7 Å². The first-order chi connectivity index (χ1) is 13.8. The lowest BCUT2D eigenvalue weighted by molar-refractivity contribution is 0.0983. The summed E-state index contributed by atoms with van der Waals surface area (Å²) in [5.41, 5.74) is 1.51. The lowest BCUT2D eigenvalue weighted by Gasteiger charge is -2.28. The van der Waals surface area contributed by atoms with E-state index in [1.54, 1.807) is 12.4 Å². The molecule has 0 bridgehead atoms. The van der Waals surface area contributed by atoms with Gasteiger partial charge in [-0.05, 0) is 12.1 Å². The zero-order chi connectivity index (χ0) is 20.6. The highest BCUT2D eigenvalue weighted by Crippen LogP contribution is 2.28. The first-order valence-electron chi connectivity index (χ1n) is 9.03. The lowest BCUT2D eigenvalue weighted by atomic mass is 9.92. The Morgan fingerprint density at radius 2 is 1.90 bits per heavy atom. The van der Waals surface area contributed by atoms with Crippen molar-refractivity contribution in [3.05, 3.63) is 59.6 Å². The van der Waals surface area contributed by atoms with Crippen molar-refractivity contribution in [2.45, 2.75) is 4.90 Å². The van der Waals surface area contributed by atoms with Crippen molar-refractivity contribution in [3.8, 4) is 0 Å². The molecule has 0 saturated carbocycles. The molecule has 1 aliphatic carbocycles. The molecule has 9 heteroatoms. The highest BCUT2D eigenvalue weighted by atomic mass is 32.2. The third-order valence-electron chi connectivity index (χ3n) is 4.82. The van der Waals surface area contributed by atoms with Crippen molar-refractivity contribution in [1.82, 2.24) is 4.98 Å². The first-order valence-corrected chi connectivity index (χ1v) is 10.9. The number of nitrogens with zero attached hydrogens (tertiary/aromatic N) is 2. The van der Waals surface area contributed by atoms with Gasteiger partial charge in [0.25, 0.3) is 0 Å². The van der Waals surface area contributed by atoms with Gasteiger partial charge in [-0.2, -0.15) is 0 Å². The minimum Gasteiger partial charge on any atom is -0.378 e. The van der Waals surface area contributed by atoms with E-state index in [0.717, 1.165) is 31.1 Å². The number of hydrogen-bond donors (Lipinski definition) is 1. The smallest absolute Gasteiger partial charge is 0.210 e. The van der Waals surface area contributed by atoms with E-state index in [0.29, 0.717) is 18.9 Å². The molecule has 1 aliphatic heterocycles. The molecule has 0 spiro atoms. The Morgan fingerprint density at radius 3 is 2.62 bits per heavy atom. The van der Waals surface area contributed by atoms with E-state index in [9.17, 15) is 18.0 Å². The number of fused-ring (bicyclic) bond motifs is 1. The predicted octanol–water partition coefficient (Wildman–Crippen LogP) is 1.70. The number of benzene rings is 1. The monoisotopic (exact) mass is 413 g/mol. The molecule has 0 amide bonds. The predicted molar refractivity (Wildman–Crippen MR) is 107 cm³/mol. The zero-order valence-corrected chi connectivity index (χ0v) is 16.5. The number of morpholine rings is 1. The number of allylic oxidation sites excluding steroid dienone is 2. The normalized spacial score (nSPS) is 17.0. The highest BCUT2D eigenvalue weighted by Gasteiger charge is 2.30. The van der Waals surface area contributed by atoms with Gasteiger partial charge in [0.15, 0.2) is 15.6 Å². The van der Waals surface area contributed by atoms with Crippen LogP contribution in [0, 0.1) is 0 Å². The summed E-state index contributed by atoms with van der Waals surface area (Å²) < 4.78 is 29.3. The fourth-order valence-corrected chi connectivity index (χ4v) is 4.34. The number of sulfone groups is 1. The van der Waals surface area contributed by atoms with Gasteiger partial charge in [-0.3, -0.25) is 14.6 Å². The highest BCUT2D eigenvalue weighted by molar-refractivity contribution is 7.90. The molecule has 1 aromatic heterocycles. The molecule has 8 nitrogen and oxygen atoms in total. The van der Waals surface area contributed by atoms with Gasteiger partial charge in [-0.15, -0.1) is 0 Å². The maximum absolute atomic E-state index is 12.9. The molecular weight excluding hydrogens is 394 g/mol. The van der Waals surface area contributed by atoms with Crippen molar-refractivity contribution in [3.63, 3.8) is 0 Å². The van der Waals surface area contributed by atoms with Gasteiger partial charge >= 0.3 is 0 Å². The number of Topliss-reactive ketones (excluding diaryl/α,β-unsaturated/α-hetero) is 1. The quantitative estimate of drug-likeness (QED) is 0.807. The molecule has 2 aliphatic rings. The molecule has 1 fully saturated rings. The average Bonchev–Trinajstić information content (AvgIpc) is 2.71. The number of ether oxygens (including phenoxy) is 1. The van der Waals surface area contributed by atoms with E-state index in [2.05, 4.69) is 15.2 Å². The minimum atomic E-state index is -3.64. The van der Waals surface area contributed by atoms with E-state index >= 15 is 0 Å². The van der Waals surface area contributed by atoms with Crippen LogP contribution in [0.4, 0.5) is 11.4 Å². The topological polar surface area (TPSA) is 106 Å². The molecule has 2 heterocycles. The standard InChI is InChI=1S/C20H19N3O5S/c1-29(26,27)18-4-2-3-15-19(18)17(24)10-16(20(15)25)22-13-9-14(12-21-11-13)23-5-7-28-8-6-23/h2-4,9-12,22H,5-8H2,1H3. The maximum atomic E-state index is 12.9. The van der Waals surface area contributed by atoms with Gasteiger partial charge < -0.3 is 15.0 Å². The summed E-state index contributed by atoms with van der Waals surface area (Å²) in [7, 11) is -3.64. The molecule has 1 saturated heterocycles. The van der Waals surface area contributed by atoms with Gasteiger partial charge in [0.05, 0.1) is 53.1 Å². The number of aromatic nitrogens is 1. The van der Waals surface area contributed by atoms with Crippen LogP contribution < -0.4 is 10.2 Å². The number of ketones is 2. The molecule has 2 aromatic rings. The Hall–Kier alpha value is -3.04. The number of hydrogen-bond acceptors (Lipinski definition) is 8. The number of carbonyl (C=O) groups is 2. The lowest BCUT2D eigenvalue weighted by Crippen LogP contribution is -2.36. The number of nitrogens with one attached hydrogen (secondary N) is 1. The van der Waals surface area contributed by atoms with Crippen molar-refractivity contribution in [2.24, 2.45) is 0 Å².